The molecule has 4 aromatic rings. The van der Waals surface area contributed by atoms with Crippen LogP contribution in [-0.4, -0.2) is 0 Å². The summed E-state index contributed by atoms with van der Waals surface area (Å²) in [7, 11) is 0. The number of benzene rings is 4. The molecule has 0 atom stereocenters. The van der Waals surface area contributed by atoms with Gasteiger partial charge in [0.15, 0.2) is 0 Å². The summed E-state index contributed by atoms with van der Waals surface area (Å²) in [4.78, 5) is 0. The van der Waals surface area contributed by atoms with E-state index in [4.69, 9.17) is 11.2 Å². The molecule has 0 N–H and O–H groups in total. The summed E-state index contributed by atoms with van der Waals surface area (Å²) in [6.45, 7) is 0. The Labute approximate surface area is 185 Å². The van der Waals surface area contributed by atoms with Crippen LogP contribution < -0.4 is 15.9 Å². The van der Waals surface area contributed by atoms with Crippen LogP contribution in [0.25, 0.3) is 0 Å². The fourth-order valence-electron chi connectivity index (χ4n) is 4.13. The van der Waals surface area contributed by atoms with Gasteiger partial charge in [-0.05, 0) is 0 Å². The first-order valence-electron chi connectivity index (χ1n) is 9.88. The molecule has 5 heteroatoms. The second-order valence-corrected chi connectivity index (χ2v) is 14.0. The molecule has 158 valence electrons. The van der Waals surface area contributed by atoms with E-state index in [0.29, 0.717) is 5.56 Å². The summed E-state index contributed by atoms with van der Waals surface area (Å²) < 4.78 is 40.3. The van der Waals surface area contributed by atoms with Gasteiger partial charge in [0.25, 0.3) is 0 Å². The molecule has 0 radical (unpaired) electrons. The second kappa shape index (κ2) is 8.15. The van der Waals surface area contributed by atoms with Gasteiger partial charge in [0, 0.05) is 0 Å². The Hall–Kier alpha value is -2.61. The van der Waals surface area contributed by atoms with E-state index in [1.165, 1.54) is 12.1 Å². The molecule has 0 heterocycles. The van der Waals surface area contributed by atoms with Crippen LogP contribution in [0.3, 0.4) is 0 Å². The molecule has 0 unspecified atom stereocenters. The van der Waals surface area contributed by atoms with Crippen LogP contribution in [0.1, 0.15) is 11.1 Å². The zero-order valence-electron chi connectivity index (χ0n) is 16.6. The molecular formula is C26H21ClF3P. The summed E-state index contributed by atoms with van der Waals surface area (Å²) in [5.74, 6) is -3.66. The topological polar surface area (TPSA) is 0 Å². The number of halogens is 4. The van der Waals surface area contributed by atoms with Crippen LogP contribution in [0.5, 0.6) is 0 Å². The summed E-state index contributed by atoms with van der Waals surface area (Å²) in [5.41, 5.74) is -0.111. The van der Waals surface area contributed by atoms with Crippen molar-refractivity contribution in [2.24, 2.45) is 0 Å². The first-order chi connectivity index (χ1) is 14.8. The van der Waals surface area contributed by atoms with Crippen LogP contribution >= 0.6 is 17.2 Å². The summed E-state index contributed by atoms with van der Waals surface area (Å²) in [6, 6.07) is 34.7. The van der Waals surface area contributed by atoms with Crippen molar-refractivity contribution < 1.29 is 13.2 Å². The Morgan fingerprint density at radius 3 is 1.39 bits per heavy atom. The molecule has 0 fully saturated rings. The third-order valence-electron chi connectivity index (χ3n) is 5.62. The van der Waals surface area contributed by atoms with Gasteiger partial charge in [-0.2, -0.15) is 0 Å². The average molecular weight is 457 g/mol. The van der Waals surface area contributed by atoms with Gasteiger partial charge in [-0.15, -0.1) is 0 Å². The summed E-state index contributed by atoms with van der Waals surface area (Å²) >= 11 is 7.92. The molecule has 4 aromatic carbocycles. The van der Waals surface area contributed by atoms with E-state index in [9.17, 15) is 13.2 Å². The molecule has 0 spiro atoms. The predicted octanol–water partition coefficient (Wildman–Crippen LogP) is 6.89. The Kier molecular flexibility index (Phi) is 5.68. The fraction of sp³-hybridized carbons (Fsp3) is 0.0769. The van der Waals surface area contributed by atoms with Crippen molar-refractivity contribution in [3.05, 3.63) is 126 Å². The monoisotopic (exact) mass is 456 g/mol. The number of hydrogen-bond acceptors (Lipinski definition) is 0. The Morgan fingerprint density at radius 1 is 0.581 bits per heavy atom. The van der Waals surface area contributed by atoms with E-state index < -0.39 is 17.7 Å². The van der Waals surface area contributed by atoms with Crippen molar-refractivity contribution in [3.63, 3.8) is 0 Å². The molecule has 0 aliphatic carbocycles. The van der Waals surface area contributed by atoms with E-state index in [2.05, 4.69) is 0 Å². The molecule has 0 bridgehead atoms. The van der Waals surface area contributed by atoms with Gasteiger partial charge in [-0.25, -0.2) is 0 Å². The van der Waals surface area contributed by atoms with Gasteiger partial charge >= 0.3 is 185 Å². The molecule has 31 heavy (non-hydrogen) atoms. The van der Waals surface area contributed by atoms with Gasteiger partial charge in [0.05, 0.1) is 0 Å². The van der Waals surface area contributed by atoms with Crippen molar-refractivity contribution >= 4 is 33.1 Å². The van der Waals surface area contributed by atoms with E-state index in [0.717, 1.165) is 22.0 Å². The van der Waals surface area contributed by atoms with Crippen LogP contribution in [0, 0.1) is 0 Å². The van der Waals surface area contributed by atoms with E-state index in [-0.39, 0.29) is 6.16 Å². The third kappa shape index (κ3) is 3.89. The Bertz CT molecular complexity index is 1060. The van der Waals surface area contributed by atoms with Gasteiger partial charge < -0.3 is 0 Å². The molecular weight excluding hydrogens is 436 g/mol. The number of rotatable bonds is 5. The maximum absolute atomic E-state index is 13.4. The van der Waals surface area contributed by atoms with Crippen molar-refractivity contribution in [2.75, 3.05) is 0 Å². The first-order valence-corrected chi connectivity index (χ1v) is 13.2. The van der Waals surface area contributed by atoms with Crippen LogP contribution in [0.2, 0.25) is 0 Å². The molecule has 0 aliphatic rings. The van der Waals surface area contributed by atoms with Gasteiger partial charge in [-0.3, -0.25) is 0 Å². The van der Waals surface area contributed by atoms with E-state index >= 15 is 0 Å². The molecule has 0 amide bonds. The molecule has 0 nitrogen and oxygen atoms in total. The zero-order valence-corrected chi connectivity index (χ0v) is 18.3. The Morgan fingerprint density at radius 2 is 1.00 bits per heavy atom. The molecule has 0 aliphatic heterocycles. The molecule has 0 saturated carbocycles. The van der Waals surface area contributed by atoms with Crippen LogP contribution in [0.15, 0.2) is 115 Å². The van der Waals surface area contributed by atoms with Crippen LogP contribution in [0.4, 0.5) is 13.2 Å². The van der Waals surface area contributed by atoms with Crippen molar-refractivity contribution in [2.45, 2.75) is 12.3 Å². The van der Waals surface area contributed by atoms with Crippen molar-refractivity contribution in [1.29, 1.82) is 0 Å². The molecule has 4 rings (SSSR count). The van der Waals surface area contributed by atoms with E-state index in [1.54, 1.807) is 6.07 Å². The van der Waals surface area contributed by atoms with Gasteiger partial charge in [0.1, 0.15) is 0 Å². The molecule has 0 saturated heterocycles. The SMILES string of the molecule is FC(F)(F)c1cccc(CP(Cl)(c2ccccc2)(c2ccccc2)c2ccccc2)c1. The normalized spacial score (nSPS) is 13.4. The average Bonchev–Trinajstić information content (AvgIpc) is 2.80. The minimum absolute atomic E-state index is 0.273. The number of alkyl halides is 3. The maximum atomic E-state index is 13.4. The third-order valence-corrected chi connectivity index (χ3v) is 12.8. The van der Waals surface area contributed by atoms with E-state index in [1.807, 2.05) is 91.0 Å². The predicted molar refractivity (Wildman–Crippen MR) is 126 cm³/mol. The van der Waals surface area contributed by atoms with Gasteiger partial charge in [-0.1, -0.05) is 0 Å². The van der Waals surface area contributed by atoms with Crippen molar-refractivity contribution in [3.8, 4) is 0 Å². The van der Waals surface area contributed by atoms with Gasteiger partial charge in [0.2, 0.25) is 0 Å². The van der Waals surface area contributed by atoms with Crippen LogP contribution in [-0.2, 0) is 12.3 Å². The Balaban J connectivity index is 2.05. The number of hydrogen-bond donors (Lipinski definition) is 0. The minimum atomic E-state index is -4.41. The first kappa shape index (κ1) is 21.6. The summed E-state index contributed by atoms with van der Waals surface area (Å²) in [5, 5.41) is 2.76. The molecule has 0 aromatic heterocycles. The fourth-order valence-corrected chi connectivity index (χ4v) is 10.3. The second-order valence-electron chi connectivity index (χ2n) is 7.55. The van der Waals surface area contributed by atoms with Crippen molar-refractivity contribution in [1.82, 2.24) is 0 Å². The summed E-state index contributed by atoms with van der Waals surface area (Å²) in [6.07, 6.45) is -4.14. The quantitative estimate of drug-likeness (QED) is 0.287. The standard InChI is InChI=1S/C26H21ClF3P/c27-31(23-13-4-1-5-14-23,24-15-6-2-7-16-24,25-17-8-3-9-18-25)20-21-11-10-12-22(19-21)26(28,29)30/h1-19H,20H2. The zero-order chi connectivity index (χ0) is 22.0.